The zero-order valence-corrected chi connectivity index (χ0v) is 38.7. The maximum absolute atomic E-state index is 13.9. The Hall–Kier alpha value is -5.10. The predicted octanol–water partition coefficient (Wildman–Crippen LogP) is 8.00. The van der Waals surface area contributed by atoms with Gasteiger partial charge in [0, 0.05) is 64.2 Å². The van der Waals surface area contributed by atoms with E-state index in [0.717, 1.165) is 11.1 Å². The molecule has 0 fully saturated rings. The van der Waals surface area contributed by atoms with E-state index in [0.29, 0.717) is 116 Å². The molecule has 4 aromatic rings. The highest BCUT2D eigenvalue weighted by Crippen LogP contribution is 2.46. The van der Waals surface area contributed by atoms with E-state index >= 15 is 0 Å². The number of urea groups is 1. The van der Waals surface area contributed by atoms with Crippen molar-refractivity contribution in [3.63, 3.8) is 0 Å². The second kappa shape index (κ2) is 22.5. The SMILES string of the molecule is COc1cc2c(cc1-c1ccc(NC(=O)NCCOCCOCCOCCOCCNC(=O)OC(C)(C)C)cc1)-c1c(c(C(=O)N(C)C(C)(C)C)nn1-c1cc(Cl)cc(Cl)c1)CO2. The number of hydrogen-bond donors (Lipinski definition) is 3. The molecule has 3 N–H and O–H groups in total. The first kappa shape index (κ1) is 48.9. The average molecular weight is 914 g/mol. The first-order valence-electron chi connectivity index (χ1n) is 20.6. The molecule has 0 radical (unpaired) electrons. The molecule has 0 spiro atoms. The number of methoxy groups -OCH3 is 1. The second-order valence-electron chi connectivity index (χ2n) is 16.4. The van der Waals surface area contributed by atoms with Crippen LogP contribution >= 0.6 is 23.2 Å². The van der Waals surface area contributed by atoms with Gasteiger partial charge in [-0.3, -0.25) is 4.79 Å². The Bertz CT molecular complexity index is 2170. The number of halogens is 2. The molecule has 0 aliphatic carbocycles. The van der Waals surface area contributed by atoms with Crippen LogP contribution in [0.4, 0.5) is 15.3 Å². The minimum Gasteiger partial charge on any atom is -0.496 e. The van der Waals surface area contributed by atoms with Crippen molar-refractivity contribution in [1.82, 2.24) is 25.3 Å². The Morgan fingerprint density at radius 1 is 0.778 bits per heavy atom. The number of anilines is 1. The molecule has 18 heteroatoms. The zero-order chi connectivity index (χ0) is 45.7. The van der Waals surface area contributed by atoms with Crippen molar-refractivity contribution in [1.29, 1.82) is 0 Å². The summed E-state index contributed by atoms with van der Waals surface area (Å²) in [7, 11) is 3.34. The molecule has 1 aliphatic rings. The van der Waals surface area contributed by atoms with E-state index in [2.05, 4.69) is 16.0 Å². The molecular weight excluding hydrogens is 855 g/mol. The molecule has 16 nitrogen and oxygen atoms in total. The number of benzene rings is 3. The minimum atomic E-state index is -0.540. The van der Waals surface area contributed by atoms with Crippen molar-refractivity contribution < 1.29 is 47.5 Å². The van der Waals surface area contributed by atoms with Crippen LogP contribution in [0.3, 0.4) is 0 Å². The number of aromatic nitrogens is 2. The number of carbonyl (C=O) groups excluding carboxylic acids is 3. The number of alkyl carbamates (subject to hydrolysis) is 1. The predicted molar refractivity (Wildman–Crippen MR) is 242 cm³/mol. The number of nitrogens with one attached hydrogen (secondary N) is 3. The summed E-state index contributed by atoms with van der Waals surface area (Å²) in [6.45, 7) is 15.1. The molecule has 0 atom stereocenters. The normalized spacial score (nSPS) is 12.2. The third kappa shape index (κ3) is 14.2. The fraction of sp³-hybridized carbons (Fsp3) is 0.467. The number of carbonyl (C=O) groups is 3. The van der Waals surface area contributed by atoms with Gasteiger partial charge in [-0.15, -0.1) is 0 Å². The van der Waals surface area contributed by atoms with Crippen LogP contribution in [0.2, 0.25) is 10.0 Å². The van der Waals surface area contributed by atoms with Gasteiger partial charge >= 0.3 is 12.1 Å². The summed E-state index contributed by atoms with van der Waals surface area (Å²) in [5.41, 5.74) is 3.98. The molecule has 0 saturated carbocycles. The van der Waals surface area contributed by atoms with Gasteiger partial charge in [-0.2, -0.15) is 5.10 Å². The highest BCUT2D eigenvalue weighted by Gasteiger charge is 2.35. The van der Waals surface area contributed by atoms with E-state index in [1.54, 1.807) is 74.8 Å². The highest BCUT2D eigenvalue weighted by molar-refractivity contribution is 6.34. The van der Waals surface area contributed by atoms with E-state index in [9.17, 15) is 14.4 Å². The van der Waals surface area contributed by atoms with E-state index in [-0.39, 0.29) is 24.2 Å². The van der Waals surface area contributed by atoms with E-state index in [1.165, 1.54) is 0 Å². The monoisotopic (exact) mass is 912 g/mol. The standard InChI is InChI=1S/C45H58Cl2N6O10/c1-44(2,3)52(7)41(54)39-36-28-62-38-27-37(57-8)34(26-35(38)40(36)53(51-39)33-24-30(46)23-31(47)25-33)29-9-11-32(12-10-29)50-42(55)48-13-15-58-17-19-60-21-22-61-20-18-59-16-14-49-43(56)63-45(4,5)6/h9-12,23-27H,13-22,28H2,1-8H3,(H,49,56)(H2,48,50,55). The van der Waals surface area contributed by atoms with E-state index < -0.39 is 17.2 Å². The zero-order valence-electron chi connectivity index (χ0n) is 37.2. The topological polar surface area (TPSA) is 173 Å². The summed E-state index contributed by atoms with van der Waals surface area (Å²) in [6.07, 6.45) is -0.476. The summed E-state index contributed by atoms with van der Waals surface area (Å²) in [6, 6.07) is 15.9. The summed E-state index contributed by atoms with van der Waals surface area (Å²) >= 11 is 12.9. The third-order valence-corrected chi connectivity index (χ3v) is 9.97. The molecule has 0 saturated heterocycles. The molecule has 1 aromatic heterocycles. The van der Waals surface area contributed by atoms with Crippen molar-refractivity contribution in [3.05, 3.63) is 75.9 Å². The first-order chi connectivity index (χ1) is 29.9. The largest absolute Gasteiger partial charge is 0.496 e. The lowest BCUT2D eigenvalue weighted by atomic mass is 9.95. The van der Waals surface area contributed by atoms with Crippen LogP contribution in [-0.4, -0.2) is 124 Å². The van der Waals surface area contributed by atoms with Crippen LogP contribution in [0.25, 0.3) is 28.1 Å². The lowest BCUT2D eigenvalue weighted by molar-refractivity contribution is -0.00130. The van der Waals surface area contributed by atoms with Gasteiger partial charge in [0.1, 0.15) is 23.7 Å². The summed E-state index contributed by atoms with van der Waals surface area (Å²) in [5.74, 6) is 0.873. The van der Waals surface area contributed by atoms with Gasteiger partial charge in [0.2, 0.25) is 0 Å². The van der Waals surface area contributed by atoms with Gasteiger partial charge in [-0.25, -0.2) is 14.3 Å². The number of ether oxygens (including phenoxy) is 7. The second-order valence-corrected chi connectivity index (χ2v) is 17.3. The van der Waals surface area contributed by atoms with Crippen LogP contribution in [-0.2, 0) is 30.3 Å². The number of amides is 4. The average Bonchev–Trinajstić information content (AvgIpc) is 3.62. The Labute approximate surface area is 378 Å². The fourth-order valence-electron chi connectivity index (χ4n) is 6.20. The Balaban J connectivity index is 1.09. The van der Waals surface area contributed by atoms with E-state index in [1.807, 2.05) is 45.0 Å². The fourth-order valence-corrected chi connectivity index (χ4v) is 6.72. The van der Waals surface area contributed by atoms with Gasteiger partial charge in [0.25, 0.3) is 5.91 Å². The van der Waals surface area contributed by atoms with Crippen LogP contribution in [0.15, 0.2) is 54.6 Å². The van der Waals surface area contributed by atoms with Gasteiger partial charge in [-0.05, 0) is 83.5 Å². The molecule has 2 heterocycles. The summed E-state index contributed by atoms with van der Waals surface area (Å²) in [4.78, 5) is 39.8. The highest BCUT2D eigenvalue weighted by atomic mass is 35.5. The van der Waals surface area contributed by atoms with Crippen molar-refractivity contribution in [2.24, 2.45) is 0 Å². The molecular formula is C45H58Cl2N6O10. The van der Waals surface area contributed by atoms with E-state index in [4.69, 9.17) is 61.5 Å². The number of nitrogens with zero attached hydrogens (tertiary/aromatic N) is 3. The first-order valence-corrected chi connectivity index (χ1v) is 21.4. The smallest absolute Gasteiger partial charge is 0.407 e. The van der Waals surface area contributed by atoms with Crippen molar-refractivity contribution in [2.75, 3.05) is 85.4 Å². The van der Waals surface area contributed by atoms with Crippen molar-refractivity contribution in [3.8, 4) is 39.6 Å². The maximum Gasteiger partial charge on any atom is 0.407 e. The summed E-state index contributed by atoms with van der Waals surface area (Å²) in [5, 5.41) is 14.0. The number of rotatable bonds is 20. The molecule has 0 unspecified atom stereocenters. The molecule has 0 bridgehead atoms. The minimum absolute atomic E-state index is 0.108. The Morgan fingerprint density at radius 3 is 1.90 bits per heavy atom. The molecule has 342 valence electrons. The van der Waals surface area contributed by atoms with Crippen LogP contribution in [0, 0.1) is 0 Å². The lowest BCUT2D eigenvalue weighted by Crippen LogP contribution is -2.43. The number of hydrogen-bond acceptors (Lipinski definition) is 11. The van der Waals surface area contributed by atoms with Gasteiger partial charge in [0.15, 0.2) is 5.69 Å². The van der Waals surface area contributed by atoms with Crippen molar-refractivity contribution in [2.45, 2.75) is 59.3 Å². The third-order valence-electron chi connectivity index (χ3n) is 9.53. The van der Waals surface area contributed by atoms with Gasteiger partial charge in [0.05, 0.1) is 71.3 Å². The molecule has 4 amide bonds. The maximum atomic E-state index is 13.9. The number of fused-ring (bicyclic) bond motifs is 3. The van der Waals surface area contributed by atoms with Crippen LogP contribution in [0.1, 0.15) is 57.6 Å². The lowest BCUT2D eigenvalue weighted by Gasteiger charge is -2.31. The van der Waals surface area contributed by atoms with Gasteiger partial charge in [-0.1, -0.05) is 35.3 Å². The molecule has 63 heavy (non-hydrogen) atoms. The quantitative estimate of drug-likeness (QED) is 0.0734. The van der Waals surface area contributed by atoms with Gasteiger partial charge < -0.3 is 54.0 Å². The van der Waals surface area contributed by atoms with Crippen LogP contribution in [0.5, 0.6) is 11.5 Å². The summed E-state index contributed by atoms with van der Waals surface area (Å²) < 4.78 is 40.9. The Morgan fingerprint density at radius 2 is 1.35 bits per heavy atom. The Kier molecular flexibility index (Phi) is 17.5. The molecule has 1 aliphatic heterocycles. The molecule has 5 rings (SSSR count). The van der Waals surface area contributed by atoms with Crippen molar-refractivity contribution >= 4 is 46.9 Å². The molecule has 3 aromatic carbocycles. The van der Waals surface area contributed by atoms with Crippen LogP contribution < -0.4 is 25.4 Å².